The van der Waals surface area contributed by atoms with E-state index in [1.54, 1.807) is 4.68 Å². The van der Waals surface area contributed by atoms with E-state index in [0.717, 1.165) is 24.2 Å². The van der Waals surface area contributed by atoms with Crippen LogP contribution in [0.4, 0.5) is 8.78 Å². The van der Waals surface area contributed by atoms with Gasteiger partial charge in [0.1, 0.15) is 16.9 Å². The number of pyridine rings is 1. The van der Waals surface area contributed by atoms with E-state index >= 15 is 0 Å². The molecule has 0 radical (unpaired) electrons. The molecule has 4 aromatic rings. The highest BCUT2D eigenvalue weighted by atomic mass is 35.5. The molecule has 6 rings (SSSR count). The third kappa shape index (κ3) is 3.21. The third-order valence-corrected chi connectivity index (χ3v) is 7.20. The summed E-state index contributed by atoms with van der Waals surface area (Å²) in [5.41, 5.74) is 1.95. The lowest BCUT2D eigenvalue weighted by atomic mass is 9.71. The number of hydrogen-bond acceptors (Lipinski definition) is 4. The van der Waals surface area contributed by atoms with Gasteiger partial charge in [0, 0.05) is 42.1 Å². The van der Waals surface area contributed by atoms with Crippen molar-refractivity contribution in [2.45, 2.75) is 62.3 Å². The van der Waals surface area contributed by atoms with Gasteiger partial charge in [-0.2, -0.15) is 5.10 Å². The fourth-order valence-electron chi connectivity index (χ4n) is 5.00. The van der Waals surface area contributed by atoms with E-state index in [1.165, 1.54) is 6.20 Å². The van der Waals surface area contributed by atoms with E-state index in [2.05, 4.69) is 10.1 Å². The number of imidazole rings is 1. The Bertz CT molecular complexity index is 1380. The summed E-state index contributed by atoms with van der Waals surface area (Å²) in [6.07, 6.45) is 7.49. The van der Waals surface area contributed by atoms with Crippen LogP contribution in [0.5, 0.6) is 0 Å². The van der Waals surface area contributed by atoms with Crippen molar-refractivity contribution < 1.29 is 8.78 Å². The molecule has 2 saturated carbocycles. The molecule has 10 heteroatoms. The average Bonchev–Trinajstić information content (AvgIpc) is 3.31. The van der Waals surface area contributed by atoms with E-state index in [-0.39, 0.29) is 36.3 Å². The Labute approximate surface area is 186 Å². The maximum absolute atomic E-state index is 13.6. The highest BCUT2D eigenvalue weighted by Gasteiger charge is 2.39. The second-order valence-electron chi connectivity index (χ2n) is 8.93. The zero-order valence-corrected chi connectivity index (χ0v) is 17.9. The van der Waals surface area contributed by atoms with Gasteiger partial charge in [-0.25, -0.2) is 23.4 Å². The van der Waals surface area contributed by atoms with Crippen LogP contribution < -0.4 is 5.56 Å². The highest BCUT2D eigenvalue weighted by molar-refractivity contribution is 6.30. The lowest BCUT2D eigenvalue weighted by molar-refractivity contribution is -0.0446. The zero-order valence-electron chi connectivity index (χ0n) is 17.1. The number of nitrogens with one attached hydrogen (secondary N) is 1. The lowest BCUT2D eigenvalue weighted by Crippen LogP contribution is -2.28. The molecule has 2 aliphatic rings. The van der Waals surface area contributed by atoms with Crippen molar-refractivity contribution in [3.63, 3.8) is 0 Å². The first kappa shape index (κ1) is 19.8. The smallest absolute Gasteiger partial charge is 0.262 e. The number of alkyl halides is 2. The minimum atomic E-state index is -2.62. The monoisotopic (exact) mass is 458 g/mol. The molecule has 1 unspecified atom stereocenters. The Morgan fingerprint density at radius 1 is 1.12 bits per heavy atom. The summed E-state index contributed by atoms with van der Waals surface area (Å²) in [5, 5.41) is 5.37. The van der Waals surface area contributed by atoms with Crippen molar-refractivity contribution in [2.75, 3.05) is 0 Å². The number of aromatic amines is 1. The van der Waals surface area contributed by atoms with Crippen molar-refractivity contribution in [3.8, 4) is 0 Å². The van der Waals surface area contributed by atoms with Crippen molar-refractivity contribution in [1.82, 2.24) is 29.1 Å². The number of aromatic nitrogens is 6. The molecule has 2 atom stereocenters. The molecule has 0 saturated heterocycles. The number of fused-ring (bicyclic) bond motifs is 2. The van der Waals surface area contributed by atoms with Crippen molar-refractivity contribution >= 4 is 28.3 Å². The SMILES string of the molecule is O=c1[nH]c(C2CC[C@H]2c2cn3ccc(Cl)cc3n2)nc2c1cnn2C1CCC(F)(F)CC1. The number of halogens is 3. The lowest BCUT2D eigenvalue weighted by Gasteiger charge is -2.34. The minimum absolute atomic E-state index is 0.0338. The van der Waals surface area contributed by atoms with Gasteiger partial charge >= 0.3 is 0 Å². The van der Waals surface area contributed by atoms with Crippen molar-refractivity contribution in [1.29, 1.82) is 0 Å². The van der Waals surface area contributed by atoms with Gasteiger partial charge in [0.15, 0.2) is 5.65 Å². The van der Waals surface area contributed by atoms with Gasteiger partial charge in [0.05, 0.1) is 17.9 Å². The van der Waals surface area contributed by atoms with Crippen LogP contribution in [0.1, 0.15) is 67.9 Å². The predicted octanol–water partition coefficient (Wildman–Crippen LogP) is 4.83. The van der Waals surface area contributed by atoms with Crippen molar-refractivity contribution in [2.24, 2.45) is 0 Å². The van der Waals surface area contributed by atoms with Crippen LogP contribution in [0.3, 0.4) is 0 Å². The second kappa shape index (κ2) is 7.10. The van der Waals surface area contributed by atoms with Gasteiger partial charge in [-0.3, -0.25) is 4.79 Å². The summed E-state index contributed by atoms with van der Waals surface area (Å²) in [6.45, 7) is 0. The fourth-order valence-corrected chi connectivity index (χ4v) is 5.16. The number of rotatable bonds is 3. The summed E-state index contributed by atoms with van der Waals surface area (Å²) in [6, 6.07) is 3.46. The molecule has 2 fully saturated rings. The summed E-state index contributed by atoms with van der Waals surface area (Å²) in [7, 11) is 0. The number of nitrogens with zero attached hydrogens (tertiary/aromatic N) is 5. The van der Waals surface area contributed by atoms with E-state index < -0.39 is 5.92 Å². The van der Waals surface area contributed by atoms with Crippen molar-refractivity contribution in [3.05, 3.63) is 57.6 Å². The summed E-state index contributed by atoms with van der Waals surface area (Å²) >= 11 is 6.08. The van der Waals surface area contributed by atoms with Gasteiger partial charge in [-0.15, -0.1) is 0 Å². The summed E-state index contributed by atoms with van der Waals surface area (Å²) in [4.78, 5) is 25.2. The maximum Gasteiger partial charge on any atom is 0.262 e. The molecular weight excluding hydrogens is 438 g/mol. The molecule has 0 amide bonds. The Morgan fingerprint density at radius 2 is 1.91 bits per heavy atom. The molecule has 1 N–H and O–H groups in total. The van der Waals surface area contributed by atoms with Gasteiger partial charge < -0.3 is 9.38 Å². The van der Waals surface area contributed by atoms with E-state index in [1.807, 2.05) is 28.9 Å². The summed E-state index contributed by atoms with van der Waals surface area (Å²) in [5.74, 6) is -1.84. The average molecular weight is 459 g/mol. The molecule has 4 aromatic heterocycles. The van der Waals surface area contributed by atoms with Crippen LogP contribution in [-0.4, -0.2) is 35.1 Å². The standard InChI is InChI=1S/C22H21ClF2N6O/c23-12-5-8-30-11-17(27-18(30)9-12)14-1-2-15(14)19-28-20-16(21(32)29-19)10-26-31(20)13-3-6-22(24,25)7-4-13/h5,8-11,13-15H,1-4,6-7H2,(H,28,29,32)/t14-,15?/m1/s1. The second-order valence-corrected chi connectivity index (χ2v) is 9.37. The number of hydrogen-bond donors (Lipinski definition) is 1. The summed E-state index contributed by atoms with van der Waals surface area (Å²) < 4.78 is 30.8. The van der Waals surface area contributed by atoms with E-state index in [9.17, 15) is 13.6 Å². The molecule has 0 bridgehead atoms. The Hall–Kier alpha value is -2.81. The third-order valence-electron chi connectivity index (χ3n) is 6.96. The molecule has 0 aliphatic heterocycles. The van der Waals surface area contributed by atoms with Crippen LogP contribution in [0, 0.1) is 0 Å². The largest absolute Gasteiger partial charge is 0.310 e. The Morgan fingerprint density at radius 3 is 2.66 bits per heavy atom. The van der Waals surface area contributed by atoms with Gasteiger partial charge in [-0.05, 0) is 37.8 Å². The van der Waals surface area contributed by atoms with Gasteiger partial charge in [-0.1, -0.05) is 11.6 Å². The highest BCUT2D eigenvalue weighted by Crippen LogP contribution is 2.47. The maximum atomic E-state index is 13.6. The molecule has 2 aliphatic carbocycles. The van der Waals surface area contributed by atoms with Crippen LogP contribution in [0.2, 0.25) is 5.02 Å². The number of H-pyrrole nitrogens is 1. The van der Waals surface area contributed by atoms with Crippen LogP contribution >= 0.6 is 11.6 Å². The first-order valence-corrected chi connectivity index (χ1v) is 11.3. The van der Waals surface area contributed by atoms with Gasteiger partial charge in [0.2, 0.25) is 5.92 Å². The van der Waals surface area contributed by atoms with E-state index in [0.29, 0.717) is 34.7 Å². The normalized spacial score (nSPS) is 23.6. The molecular formula is C22H21ClF2N6O. The Balaban J connectivity index is 1.34. The first-order valence-electron chi connectivity index (χ1n) is 10.9. The molecule has 0 aromatic carbocycles. The molecule has 4 heterocycles. The van der Waals surface area contributed by atoms with Gasteiger partial charge in [0.25, 0.3) is 5.56 Å². The molecule has 7 nitrogen and oxygen atoms in total. The molecule has 0 spiro atoms. The minimum Gasteiger partial charge on any atom is -0.310 e. The zero-order chi connectivity index (χ0) is 22.0. The van der Waals surface area contributed by atoms with Crippen LogP contribution in [0.15, 0.2) is 35.5 Å². The Kier molecular flexibility index (Phi) is 4.40. The first-order chi connectivity index (χ1) is 15.4. The van der Waals surface area contributed by atoms with Crippen LogP contribution in [0.25, 0.3) is 16.7 Å². The topological polar surface area (TPSA) is 80.9 Å². The fraction of sp³-hybridized carbons (Fsp3) is 0.455. The van der Waals surface area contributed by atoms with E-state index in [4.69, 9.17) is 21.6 Å². The quantitative estimate of drug-likeness (QED) is 0.476. The van der Waals surface area contributed by atoms with Crippen LogP contribution in [-0.2, 0) is 0 Å². The molecule has 166 valence electrons. The predicted molar refractivity (Wildman–Crippen MR) is 116 cm³/mol. The molecule has 32 heavy (non-hydrogen) atoms.